The molecule has 0 aliphatic heterocycles. The number of benzene rings is 1. The molecular weight excluding hydrogens is 226 g/mol. The van der Waals surface area contributed by atoms with Crippen LogP contribution in [0.2, 0.25) is 0 Å². The van der Waals surface area contributed by atoms with Crippen LogP contribution in [0, 0.1) is 0 Å². The zero-order valence-electron chi connectivity index (χ0n) is 8.25. The normalized spacial score (nSPS) is 10.2. The third-order valence-electron chi connectivity index (χ3n) is 2.02. The van der Waals surface area contributed by atoms with Crippen LogP contribution in [0.15, 0.2) is 29.6 Å². The first-order valence-corrected chi connectivity index (χ1v) is 5.49. The Hall–Kier alpha value is -1.88. The predicted octanol–water partition coefficient (Wildman–Crippen LogP) is 2.14. The van der Waals surface area contributed by atoms with Gasteiger partial charge in [0.1, 0.15) is 10.8 Å². The highest BCUT2D eigenvalue weighted by Gasteiger charge is 2.10. The molecule has 2 rings (SSSR count). The molecule has 0 radical (unpaired) electrons. The van der Waals surface area contributed by atoms with Gasteiger partial charge in [0.05, 0.1) is 17.7 Å². The Morgan fingerprint density at radius 2 is 2.12 bits per heavy atom. The molecule has 0 bridgehead atoms. The van der Waals surface area contributed by atoms with Crippen molar-refractivity contribution in [1.82, 2.24) is 4.98 Å². The number of phenols is 1. The van der Waals surface area contributed by atoms with E-state index in [2.05, 4.69) is 4.98 Å². The zero-order valence-corrected chi connectivity index (χ0v) is 9.07. The van der Waals surface area contributed by atoms with Gasteiger partial charge < -0.3 is 10.2 Å². The molecule has 0 amide bonds. The molecule has 1 aromatic heterocycles. The van der Waals surface area contributed by atoms with Crippen molar-refractivity contribution in [1.29, 1.82) is 0 Å². The standard InChI is InChI=1S/C11H9NO3S/c13-9-4-2-1-3-8(9)11-12-7(6-16-11)5-10(14)15/h1-4,6,13H,5H2,(H,14,15). The lowest BCUT2D eigenvalue weighted by Gasteiger charge is -1.98. The first-order valence-electron chi connectivity index (χ1n) is 4.61. The number of carboxylic acids is 1. The molecule has 4 nitrogen and oxygen atoms in total. The van der Waals surface area contributed by atoms with Crippen molar-refractivity contribution in [2.45, 2.75) is 6.42 Å². The molecule has 0 unspecified atom stereocenters. The Morgan fingerprint density at radius 3 is 2.81 bits per heavy atom. The van der Waals surface area contributed by atoms with Crippen molar-refractivity contribution in [3.63, 3.8) is 0 Å². The zero-order chi connectivity index (χ0) is 11.5. The molecular formula is C11H9NO3S. The first-order chi connectivity index (χ1) is 7.66. The molecule has 0 aliphatic carbocycles. The number of carbonyl (C=O) groups is 1. The van der Waals surface area contributed by atoms with Crippen LogP contribution in [0.5, 0.6) is 5.75 Å². The summed E-state index contributed by atoms with van der Waals surface area (Å²) < 4.78 is 0. The number of aromatic hydroxyl groups is 1. The van der Waals surface area contributed by atoms with Crippen LogP contribution in [-0.4, -0.2) is 21.2 Å². The van der Waals surface area contributed by atoms with Crippen molar-refractivity contribution in [3.05, 3.63) is 35.3 Å². The lowest BCUT2D eigenvalue weighted by atomic mass is 10.2. The van der Waals surface area contributed by atoms with Gasteiger partial charge in [0, 0.05) is 5.38 Å². The molecule has 0 fully saturated rings. The molecule has 0 aliphatic rings. The van der Waals surface area contributed by atoms with Crippen LogP contribution in [0.3, 0.4) is 0 Å². The predicted molar refractivity (Wildman–Crippen MR) is 60.6 cm³/mol. The van der Waals surface area contributed by atoms with Crippen molar-refractivity contribution >= 4 is 17.3 Å². The summed E-state index contributed by atoms with van der Waals surface area (Å²) in [5, 5.41) is 20.5. The molecule has 2 N–H and O–H groups in total. The lowest BCUT2D eigenvalue weighted by Crippen LogP contribution is -1.99. The minimum absolute atomic E-state index is 0.0932. The van der Waals surface area contributed by atoms with Gasteiger partial charge in [-0.3, -0.25) is 4.79 Å². The maximum absolute atomic E-state index is 10.5. The number of hydrogen-bond acceptors (Lipinski definition) is 4. The molecule has 0 atom stereocenters. The summed E-state index contributed by atoms with van der Waals surface area (Å²) in [4.78, 5) is 14.7. The SMILES string of the molecule is O=C(O)Cc1csc(-c2ccccc2O)n1. The maximum atomic E-state index is 10.5. The van der Waals surface area contributed by atoms with Crippen LogP contribution in [0.25, 0.3) is 10.6 Å². The van der Waals surface area contributed by atoms with Crippen molar-refractivity contribution in [3.8, 4) is 16.3 Å². The van der Waals surface area contributed by atoms with E-state index in [1.54, 1.807) is 29.6 Å². The highest BCUT2D eigenvalue weighted by molar-refractivity contribution is 7.13. The van der Waals surface area contributed by atoms with E-state index in [1.807, 2.05) is 0 Å². The number of para-hydroxylation sites is 1. The fourth-order valence-electron chi connectivity index (χ4n) is 1.32. The average Bonchev–Trinajstić information content (AvgIpc) is 2.66. The van der Waals surface area contributed by atoms with Crippen LogP contribution in [0.4, 0.5) is 0 Å². The van der Waals surface area contributed by atoms with E-state index in [9.17, 15) is 9.90 Å². The van der Waals surface area contributed by atoms with Gasteiger partial charge in [0.2, 0.25) is 0 Å². The number of carboxylic acid groups (broad SMARTS) is 1. The molecule has 0 saturated heterocycles. The quantitative estimate of drug-likeness (QED) is 0.855. The Bertz CT molecular complexity index is 521. The van der Waals surface area contributed by atoms with E-state index in [1.165, 1.54) is 11.3 Å². The van der Waals surface area contributed by atoms with Gasteiger partial charge in [-0.25, -0.2) is 4.98 Å². The number of aliphatic carboxylic acids is 1. The van der Waals surface area contributed by atoms with Crippen LogP contribution >= 0.6 is 11.3 Å². The average molecular weight is 235 g/mol. The first kappa shape index (κ1) is 10.6. The number of hydrogen-bond donors (Lipinski definition) is 2. The van der Waals surface area contributed by atoms with E-state index >= 15 is 0 Å². The number of aromatic nitrogens is 1. The van der Waals surface area contributed by atoms with Gasteiger partial charge in [0.25, 0.3) is 0 Å². The molecule has 82 valence electrons. The third kappa shape index (κ3) is 2.20. The van der Waals surface area contributed by atoms with Crippen molar-refractivity contribution < 1.29 is 15.0 Å². The van der Waals surface area contributed by atoms with Crippen LogP contribution < -0.4 is 0 Å². The fourth-order valence-corrected chi connectivity index (χ4v) is 2.17. The minimum atomic E-state index is -0.908. The molecule has 0 spiro atoms. The highest BCUT2D eigenvalue weighted by Crippen LogP contribution is 2.30. The second-order valence-corrected chi connectivity index (χ2v) is 4.09. The number of thiazole rings is 1. The second kappa shape index (κ2) is 4.32. The maximum Gasteiger partial charge on any atom is 0.309 e. The van der Waals surface area contributed by atoms with Crippen molar-refractivity contribution in [2.75, 3.05) is 0 Å². The van der Waals surface area contributed by atoms with Gasteiger partial charge in [0.15, 0.2) is 0 Å². The van der Waals surface area contributed by atoms with E-state index in [-0.39, 0.29) is 12.2 Å². The summed E-state index contributed by atoms with van der Waals surface area (Å²) in [5.74, 6) is -0.757. The molecule has 5 heteroatoms. The Labute approximate surface area is 95.8 Å². The Balaban J connectivity index is 2.32. The molecule has 1 heterocycles. The third-order valence-corrected chi connectivity index (χ3v) is 2.94. The smallest absolute Gasteiger partial charge is 0.309 e. The van der Waals surface area contributed by atoms with Gasteiger partial charge in [-0.05, 0) is 12.1 Å². The number of nitrogens with zero attached hydrogens (tertiary/aromatic N) is 1. The van der Waals surface area contributed by atoms with E-state index < -0.39 is 5.97 Å². The van der Waals surface area contributed by atoms with Crippen LogP contribution in [0.1, 0.15) is 5.69 Å². The van der Waals surface area contributed by atoms with Crippen molar-refractivity contribution in [2.24, 2.45) is 0 Å². The van der Waals surface area contributed by atoms with E-state index in [0.29, 0.717) is 16.3 Å². The van der Waals surface area contributed by atoms with Gasteiger partial charge in [-0.15, -0.1) is 11.3 Å². The van der Waals surface area contributed by atoms with E-state index in [0.717, 1.165) is 0 Å². The largest absolute Gasteiger partial charge is 0.507 e. The molecule has 0 saturated carbocycles. The van der Waals surface area contributed by atoms with Gasteiger partial charge >= 0.3 is 5.97 Å². The second-order valence-electron chi connectivity index (χ2n) is 3.23. The summed E-state index contributed by atoms with van der Waals surface area (Å²) in [6, 6.07) is 6.85. The summed E-state index contributed by atoms with van der Waals surface area (Å²) in [6.45, 7) is 0. The summed E-state index contributed by atoms with van der Waals surface area (Å²) >= 11 is 1.32. The lowest BCUT2D eigenvalue weighted by molar-refractivity contribution is -0.136. The fraction of sp³-hybridized carbons (Fsp3) is 0.0909. The number of rotatable bonds is 3. The van der Waals surface area contributed by atoms with Gasteiger partial charge in [-0.1, -0.05) is 12.1 Å². The topological polar surface area (TPSA) is 70.4 Å². The molecule has 1 aromatic carbocycles. The van der Waals surface area contributed by atoms with E-state index in [4.69, 9.17) is 5.11 Å². The Morgan fingerprint density at radius 1 is 1.38 bits per heavy atom. The van der Waals surface area contributed by atoms with Gasteiger partial charge in [-0.2, -0.15) is 0 Å². The Kier molecular flexibility index (Phi) is 2.87. The van der Waals surface area contributed by atoms with Crippen LogP contribution in [-0.2, 0) is 11.2 Å². The summed E-state index contributed by atoms with van der Waals surface area (Å²) in [5.41, 5.74) is 1.14. The summed E-state index contributed by atoms with van der Waals surface area (Å²) in [7, 11) is 0. The minimum Gasteiger partial charge on any atom is -0.507 e. The monoisotopic (exact) mass is 235 g/mol. The molecule has 2 aromatic rings. The highest BCUT2D eigenvalue weighted by atomic mass is 32.1. The molecule has 16 heavy (non-hydrogen) atoms. The summed E-state index contributed by atoms with van der Waals surface area (Å²) in [6.07, 6.45) is -0.0932. The number of phenolic OH excluding ortho intramolecular Hbond substituents is 1.